The molecule has 2 N–H and O–H groups in total. The fraction of sp³-hybridized carbons (Fsp3) is 0.737. The van der Waals surface area contributed by atoms with Crippen LogP contribution in [-0.4, -0.2) is 67.2 Å². The molecular formula is C19H27F3N2O6S. The molecule has 1 aromatic rings. The van der Waals surface area contributed by atoms with Crippen molar-refractivity contribution in [2.45, 2.75) is 68.2 Å². The number of furan rings is 1. The van der Waals surface area contributed by atoms with Crippen LogP contribution in [0.3, 0.4) is 0 Å². The van der Waals surface area contributed by atoms with E-state index in [1.807, 2.05) is 12.1 Å². The van der Waals surface area contributed by atoms with E-state index in [0.717, 1.165) is 63.9 Å². The van der Waals surface area contributed by atoms with E-state index in [-0.39, 0.29) is 17.0 Å². The van der Waals surface area contributed by atoms with Crippen LogP contribution in [0.5, 0.6) is 0 Å². The topological polar surface area (TPSA) is 109 Å². The average molecular weight is 468 g/mol. The molecule has 1 saturated carbocycles. The number of alkyl halides is 3. The lowest BCUT2D eigenvalue weighted by Gasteiger charge is -2.38. The highest BCUT2D eigenvalue weighted by atomic mass is 32.2. The second-order valence-electron chi connectivity index (χ2n) is 8.25. The molecule has 1 aromatic heterocycles. The Balaban J connectivity index is 0.000000339. The molecule has 0 unspecified atom stereocenters. The van der Waals surface area contributed by atoms with Crippen molar-refractivity contribution in [2.75, 3.05) is 19.6 Å². The minimum atomic E-state index is -5.08. The van der Waals surface area contributed by atoms with Crippen molar-refractivity contribution < 1.29 is 40.6 Å². The number of carbonyl (C=O) groups is 1. The van der Waals surface area contributed by atoms with Crippen molar-refractivity contribution >= 4 is 16.0 Å². The zero-order chi connectivity index (χ0) is 22.7. The molecule has 4 rings (SSSR count). The maximum atomic E-state index is 12.0. The van der Waals surface area contributed by atoms with Gasteiger partial charge in [-0.3, -0.25) is 4.90 Å². The first-order chi connectivity index (χ1) is 14.5. The number of hydrogen-bond acceptors (Lipinski definition) is 6. The Morgan fingerprint density at radius 3 is 2.58 bits per heavy atom. The van der Waals surface area contributed by atoms with Gasteiger partial charge in [0.05, 0.1) is 29.8 Å². The van der Waals surface area contributed by atoms with E-state index in [2.05, 4.69) is 9.62 Å². The molecule has 3 aliphatic rings. The van der Waals surface area contributed by atoms with Gasteiger partial charge in [0.2, 0.25) is 10.0 Å². The van der Waals surface area contributed by atoms with E-state index in [9.17, 15) is 21.6 Å². The molecule has 3 heterocycles. The highest BCUT2D eigenvalue weighted by Gasteiger charge is 2.44. The predicted octanol–water partition coefficient (Wildman–Crippen LogP) is 2.51. The minimum Gasteiger partial charge on any atom is -0.475 e. The number of nitrogens with zero attached hydrogens (tertiary/aromatic N) is 1. The van der Waals surface area contributed by atoms with E-state index in [1.165, 1.54) is 0 Å². The number of halogens is 3. The highest BCUT2D eigenvalue weighted by molar-refractivity contribution is 7.90. The molecule has 176 valence electrons. The second-order valence-corrected chi connectivity index (χ2v) is 10.3. The monoisotopic (exact) mass is 468 g/mol. The van der Waals surface area contributed by atoms with Gasteiger partial charge >= 0.3 is 12.1 Å². The molecule has 2 aliphatic heterocycles. The molecule has 3 fully saturated rings. The van der Waals surface area contributed by atoms with Crippen LogP contribution in [0.1, 0.15) is 44.3 Å². The smallest absolute Gasteiger partial charge is 0.475 e. The standard InChI is InChI=1S/C17H26N2O4S.C2HF3O2/c20-24(21,16-5-6-16)18-11-14-3-1-7-17(23-14)8-9-19(13-17)12-15-4-2-10-22-15;3-2(4,5)1(6)7/h2,4,10,14,16,18H,1,3,5-9,11-13H2;(H,6,7)/t14-,17-;/m1./s1. The summed E-state index contributed by atoms with van der Waals surface area (Å²) in [5, 5.41) is 6.96. The molecular weight excluding hydrogens is 441 g/mol. The SMILES string of the molecule is O=C(O)C(F)(F)F.O=S(=O)(NC[C@H]1CCC[C@]2(CCN(Cc3ccco3)C2)O1)C1CC1. The zero-order valence-electron chi connectivity index (χ0n) is 16.9. The van der Waals surface area contributed by atoms with Crippen LogP contribution in [0.4, 0.5) is 13.2 Å². The van der Waals surface area contributed by atoms with Crippen LogP contribution in [0.2, 0.25) is 0 Å². The summed E-state index contributed by atoms with van der Waals surface area (Å²) >= 11 is 0. The average Bonchev–Trinajstić information content (AvgIpc) is 3.33. The molecule has 0 radical (unpaired) electrons. The Labute approximate surface area is 178 Å². The summed E-state index contributed by atoms with van der Waals surface area (Å²) in [5.41, 5.74) is -0.111. The summed E-state index contributed by atoms with van der Waals surface area (Å²) in [6, 6.07) is 3.92. The van der Waals surface area contributed by atoms with Crippen molar-refractivity contribution in [1.82, 2.24) is 9.62 Å². The molecule has 0 amide bonds. The number of nitrogens with one attached hydrogen (secondary N) is 1. The number of aliphatic carboxylic acids is 1. The van der Waals surface area contributed by atoms with Crippen molar-refractivity contribution in [3.05, 3.63) is 24.2 Å². The van der Waals surface area contributed by atoms with Crippen LogP contribution in [0.15, 0.2) is 22.8 Å². The molecule has 2 atom stereocenters. The van der Waals surface area contributed by atoms with Gasteiger partial charge in [-0.25, -0.2) is 17.9 Å². The number of ether oxygens (including phenoxy) is 1. The second kappa shape index (κ2) is 9.47. The van der Waals surface area contributed by atoms with Gasteiger partial charge in [0, 0.05) is 19.6 Å². The summed E-state index contributed by atoms with van der Waals surface area (Å²) in [5.74, 6) is -1.77. The van der Waals surface area contributed by atoms with Crippen molar-refractivity contribution in [2.24, 2.45) is 0 Å². The summed E-state index contributed by atoms with van der Waals surface area (Å²) in [6.07, 6.45) is 2.33. The lowest BCUT2D eigenvalue weighted by molar-refractivity contribution is -0.192. The first-order valence-electron chi connectivity index (χ1n) is 10.2. The van der Waals surface area contributed by atoms with Gasteiger partial charge in [-0.1, -0.05) is 0 Å². The van der Waals surface area contributed by atoms with Gasteiger partial charge < -0.3 is 14.3 Å². The van der Waals surface area contributed by atoms with E-state index in [1.54, 1.807) is 6.26 Å². The summed E-state index contributed by atoms with van der Waals surface area (Å²) < 4.78 is 70.3. The molecule has 0 bridgehead atoms. The largest absolute Gasteiger partial charge is 0.490 e. The molecule has 1 aliphatic carbocycles. The quantitative estimate of drug-likeness (QED) is 0.660. The third kappa shape index (κ3) is 6.93. The van der Waals surface area contributed by atoms with Crippen LogP contribution in [0.25, 0.3) is 0 Å². The number of likely N-dealkylation sites (tertiary alicyclic amines) is 1. The molecule has 0 aromatic carbocycles. The van der Waals surface area contributed by atoms with E-state index < -0.39 is 22.2 Å². The maximum absolute atomic E-state index is 12.0. The molecule has 2 saturated heterocycles. The summed E-state index contributed by atoms with van der Waals surface area (Å²) in [4.78, 5) is 11.3. The Kier molecular flexibility index (Phi) is 7.34. The van der Waals surface area contributed by atoms with Crippen LogP contribution < -0.4 is 4.72 Å². The lowest BCUT2D eigenvalue weighted by atomic mass is 9.90. The van der Waals surface area contributed by atoms with Gasteiger partial charge in [-0.2, -0.15) is 13.2 Å². The number of carboxylic acid groups (broad SMARTS) is 1. The third-order valence-electron chi connectivity index (χ3n) is 5.65. The van der Waals surface area contributed by atoms with Gasteiger partial charge in [-0.05, 0) is 50.7 Å². The van der Waals surface area contributed by atoms with Crippen LogP contribution in [0, 0.1) is 0 Å². The van der Waals surface area contributed by atoms with Crippen molar-refractivity contribution in [3.63, 3.8) is 0 Å². The predicted molar refractivity (Wildman–Crippen MR) is 104 cm³/mol. The van der Waals surface area contributed by atoms with E-state index in [4.69, 9.17) is 19.1 Å². The maximum Gasteiger partial charge on any atom is 0.490 e. The number of rotatable bonds is 6. The lowest BCUT2D eigenvalue weighted by Crippen LogP contribution is -2.47. The Morgan fingerprint density at radius 2 is 2.00 bits per heavy atom. The fourth-order valence-electron chi connectivity index (χ4n) is 3.96. The van der Waals surface area contributed by atoms with E-state index in [0.29, 0.717) is 6.54 Å². The van der Waals surface area contributed by atoms with Crippen LogP contribution in [-0.2, 0) is 26.1 Å². The number of hydrogen-bond donors (Lipinski definition) is 2. The summed E-state index contributed by atoms with van der Waals surface area (Å²) in [7, 11) is -3.12. The minimum absolute atomic E-state index is 0.00385. The van der Waals surface area contributed by atoms with Crippen molar-refractivity contribution in [1.29, 1.82) is 0 Å². The fourth-order valence-corrected chi connectivity index (χ4v) is 5.37. The Hall–Kier alpha value is -1.63. The number of carboxylic acids is 1. The first kappa shape index (κ1) is 24.0. The molecule has 12 heteroatoms. The van der Waals surface area contributed by atoms with Crippen molar-refractivity contribution in [3.8, 4) is 0 Å². The van der Waals surface area contributed by atoms with Gasteiger partial charge in [-0.15, -0.1) is 0 Å². The van der Waals surface area contributed by atoms with Crippen LogP contribution >= 0.6 is 0 Å². The van der Waals surface area contributed by atoms with Gasteiger partial charge in [0.15, 0.2) is 0 Å². The normalized spacial score (nSPS) is 27.1. The van der Waals surface area contributed by atoms with Gasteiger partial charge in [0.25, 0.3) is 0 Å². The summed E-state index contributed by atoms with van der Waals surface area (Å²) in [6.45, 7) is 3.14. The van der Waals surface area contributed by atoms with Gasteiger partial charge in [0.1, 0.15) is 5.76 Å². The number of sulfonamides is 1. The Bertz CT molecular complexity index is 841. The van der Waals surface area contributed by atoms with E-state index >= 15 is 0 Å². The highest BCUT2D eigenvalue weighted by Crippen LogP contribution is 2.37. The molecule has 8 nitrogen and oxygen atoms in total. The third-order valence-corrected chi connectivity index (χ3v) is 7.57. The first-order valence-corrected chi connectivity index (χ1v) is 11.7. The zero-order valence-corrected chi connectivity index (χ0v) is 17.8. The molecule has 31 heavy (non-hydrogen) atoms. The molecule has 1 spiro atoms. The Morgan fingerprint density at radius 1 is 1.29 bits per heavy atom.